The van der Waals surface area contributed by atoms with E-state index in [-0.39, 0.29) is 11.9 Å². The smallest absolute Gasteiger partial charge is 0.249 e. The number of aryl methyl sites for hydroxylation is 1. The summed E-state index contributed by atoms with van der Waals surface area (Å²) in [6.07, 6.45) is 7.50. The second-order valence-electron chi connectivity index (χ2n) is 7.20. The van der Waals surface area contributed by atoms with Crippen molar-refractivity contribution >= 4 is 11.6 Å². The van der Waals surface area contributed by atoms with Gasteiger partial charge >= 0.3 is 0 Å². The zero-order chi connectivity index (χ0) is 19.5. The molecule has 1 amide bonds. The van der Waals surface area contributed by atoms with E-state index in [4.69, 9.17) is 9.26 Å². The van der Waals surface area contributed by atoms with E-state index >= 15 is 0 Å². The Morgan fingerprint density at radius 2 is 2.29 bits per heavy atom. The molecule has 0 spiro atoms. The average Bonchev–Trinajstić information content (AvgIpc) is 3.35. The standard InChI is InChI=1S/C20H25N5O3/c1-14-6-5-10-24-15(13-21-19(14)24)12-18(26)25-9-4-3-7-16(25)20-22-17(23-28-20)8-11-27-2/h5-6,10,13,16H,3-4,7-9,11-12H2,1-2H3. The average molecular weight is 383 g/mol. The second-order valence-corrected chi connectivity index (χ2v) is 7.20. The zero-order valence-electron chi connectivity index (χ0n) is 16.3. The lowest BCUT2D eigenvalue weighted by Crippen LogP contribution is -2.39. The van der Waals surface area contributed by atoms with Crippen molar-refractivity contribution in [3.05, 3.63) is 47.5 Å². The molecule has 1 aliphatic heterocycles. The third-order valence-electron chi connectivity index (χ3n) is 5.26. The number of likely N-dealkylation sites (tertiary alicyclic amines) is 1. The molecule has 4 rings (SSSR count). The van der Waals surface area contributed by atoms with Crippen LogP contribution in [0.2, 0.25) is 0 Å². The summed E-state index contributed by atoms with van der Waals surface area (Å²) in [5.41, 5.74) is 2.87. The molecule has 1 saturated heterocycles. The molecule has 4 heterocycles. The first kappa shape index (κ1) is 18.6. The van der Waals surface area contributed by atoms with Crippen molar-refractivity contribution in [1.29, 1.82) is 0 Å². The first-order valence-corrected chi connectivity index (χ1v) is 9.70. The van der Waals surface area contributed by atoms with E-state index in [1.807, 2.05) is 34.6 Å². The van der Waals surface area contributed by atoms with Crippen molar-refractivity contribution in [2.75, 3.05) is 20.3 Å². The molecule has 148 valence electrons. The molecule has 8 nitrogen and oxygen atoms in total. The van der Waals surface area contributed by atoms with E-state index in [0.717, 1.165) is 36.2 Å². The number of ether oxygens (including phenoxy) is 1. The summed E-state index contributed by atoms with van der Waals surface area (Å²) in [5.74, 6) is 1.20. The van der Waals surface area contributed by atoms with Gasteiger partial charge in [0.15, 0.2) is 5.82 Å². The Labute approximate surface area is 163 Å². The van der Waals surface area contributed by atoms with Gasteiger partial charge < -0.3 is 18.6 Å². The monoisotopic (exact) mass is 383 g/mol. The minimum atomic E-state index is -0.161. The highest BCUT2D eigenvalue weighted by molar-refractivity contribution is 5.79. The van der Waals surface area contributed by atoms with Crippen molar-refractivity contribution < 1.29 is 14.1 Å². The maximum atomic E-state index is 13.1. The highest BCUT2D eigenvalue weighted by Gasteiger charge is 2.32. The lowest BCUT2D eigenvalue weighted by Gasteiger charge is -2.33. The van der Waals surface area contributed by atoms with Gasteiger partial charge in [-0.15, -0.1) is 0 Å². The fraction of sp³-hybridized carbons (Fsp3) is 0.500. The van der Waals surface area contributed by atoms with Crippen LogP contribution in [0.25, 0.3) is 5.65 Å². The maximum absolute atomic E-state index is 13.1. The molecular formula is C20H25N5O3. The summed E-state index contributed by atoms with van der Waals surface area (Å²) in [6, 6.07) is 3.83. The van der Waals surface area contributed by atoms with Crippen LogP contribution < -0.4 is 0 Å². The van der Waals surface area contributed by atoms with Crippen LogP contribution >= 0.6 is 0 Å². The summed E-state index contributed by atoms with van der Waals surface area (Å²) >= 11 is 0. The van der Waals surface area contributed by atoms with Crippen molar-refractivity contribution in [3.8, 4) is 0 Å². The molecule has 28 heavy (non-hydrogen) atoms. The Balaban J connectivity index is 1.52. The number of aromatic nitrogens is 4. The van der Waals surface area contributed by atoms with Gasteiger partial charge in [0.25, 0.3) is 0 Å². The lowest BCUT2D eigenvalue weighted by atomic mass is 10.0. The van der Waals surface area contributed by atoms with Crippen LogP contribution in [0.5, 0.6) is 0 Å². The van der Waals surface area contributed by atoms with Crippen LogP contribution in [0.15, 0.2) is 29.0 Å². The van der Waals surface area contributed by atoms with Gasteiger partial charge in [0.05, 0.1) is 18.7 Å². The molecule has 3 aromatic rings. The third kappa shape index (κ3) is 3.64. The third-order valence-corrected chi connectivity index (χ3v) is 5.26. The summed E-state index contributed by atoms with van der Waals surface area (Å²) in [4.78, 5) is 24.0. The van der Waals surface area contributed by atoms with Crippen molar-refractivity contribution in [2.45, 2.75) is 45.1 Å². The van der Waals surface area contributed by atoms with E-state index in [1.54, 1.807) is 13.3 Å². The largest absolute Gasteiger partial charge is 0.384 e. The van der Waals surface area contributed by atoms with E-state index in [1.165, 1.54) is 0 Å². The van der Waals surface area contributed by atoms with Gasteiger partial charge in [0.1, 0.15) is 11.7 Å². The number of nitrogens with zero attached hydrogens (tertiary/aromatic N) is 5. The van der Waals surface area contributed by atoms with Crippen molar-refractivity contribution in [3.63, 3.8) is 0 Å². The number of methoxy groups -OCH3 is 1. The van der Waals surface area contributed by atoms with Crippen LogP contribution in [0.3, 0.4) is 0 Å². The number of rotatable bonds is 6. The van der Waals surface area contributed by atoms with Gasteiger partial charge in [-0.05, 0) is 37.8 Å². The Kier molecular flexibility index (Phi) is 5.38. The van der Waals surface area contributed by atoms with Crippen LogP contribution in [-0.2, 0) is 22.4 Å². The van der Waals surface area contributed by atoms with Crippen LogP contribution in [0.1, 0.15) is 48.3 Å². The lowest BCUT2D eigenvalue weighted by molar-refractivity contribution is -0.135. The summed E-state index contributed by atoms with van der Waals surface area (Å²) in [7, 11) is 1.64. The van der Waals surface area contributed by atoms with E-state index in [9.17, 15) is 4.79 Å². The minimum Gasteiger partial charge on any atom is -0.384 e. The fourth-order valence-corrected chi connectivity index (χ4v) is 3.77. The molecular weight excluding hydrogens is 358 g/mol. The van der Waals surface area contributed by atoms with Gasteiger partial charge in [0, 0.05) is 32.5 Å². The molecule has 0 bridgehead atoms. The van der Waals surface area contributed by atoms with Gasteiger partial charge in [-0.25, -0.2) is 4.98 Å². The molecule has 0 aromatic carbocycles. The number of carbonyl (C=O) groups excluding carboxylic acids is 1. The number of piperidine rings is 1. The molecule has 0 saturated carbocycles. The van der Waals surface area contributed by atoms with E-state index < -0.39 is 0 Å². The van der Waals surface area contributed by atoms with Gasteiger partial charge in [-0.1, -0.05) is 11.2 Å². The van der Waals surface area contributed by atoms with Gasteiger partial charge in [-0.2, -0.15) is 4.98 Å². The number of fused-ring (bicyclic) bond motifs is 1. The zero-order valence-corrected chi connectivity index (χ0v) is 16.3. The quantitative estimate of drug-likeness (QED) is 0.650. The second kappa shape index (κ2) is 8.10. The van der Waals surface area contributed by atoms with Crippen LogP contribution in [-0.4, -0.2) is 50.6 Å². The summed E-state index contributed by atoms with van der Waals surface area (Å²) in [6.45, 7) is 3.26. The Bertz CT molecular complexity index is 964. The SMILES string of the molecule is COCCc1noc(C2CCCCN2C(=O)Cc2cnc3c(C)cccn23)n1. The molecule has 1 aliphatic rings. The van der Waals surface area contributed by atoms with Crippen molar-refractivity contribution in [1.82, 2.24) is 24.4 Å². The molecule has 8 heteroatoms. The molecule has 0 aliphatic carbocycles. The summed E-state index contributed by atoms with van der Waals surface area (Å²) < 4.78 is 12.5. The van der Waals surface area contributed by atoms with Crippen molar-refractivity contribution in [2.24, 2.45) is 0 Å². The molecule has 0 radical (unpaired) electrons. The normalized spacial score (nSPS) is 17.4. The molecule has 1 atom stereocenters. The Morgan fingerprint density at radius 1 is 1.39 bits per heavy atom. The highest BCUT2D eigenvalue weighted by Crippen LogP contribution is 2.30. The van der Waals surface area contributed by atoms with E-state index in [0.29, 0.717) is 37.7 Å². The Hall–Kier alpha value is -2.74. The van der Waals surface area contributed by atoms with Crippen LogP contribution in [0.4, 0.5) is 0 Å². The van der Waals surface area contributed by atoms with Gasteiger partial charge in [0.2, 0.25) is 11.8 Å². The topological polar surface area (TPSA) is 85.8 Å². The molecule has 1 unspecified atom stereocenters. The number of hydrogen-bond donors (Lipinski definition) is 0. The number of carbonyl (C=O) groups is 1. The van der Waals surface area contributed by atoms with Gasteiger partial charge in [-0.3, -0.25) is 4.79 Å². The fourth-order valence-electron chi connectivity index (χ4n) is 3.77. The molecule has 1 fully saturated rings. The highest BCUT2D eigenvalue weighted by atomic mass is 16.5. The van der Waals surface area contributed by atoms with E-state index in [2.05, 4.69) is 15.1 Å². The number of imidazole rings is 1. The number of amides is 1. The number of pyridine rings is 1. The minimum absolute atomic E-state index is 0.0599. The molecule has 3 aromatic heterocycles. The maximum Gasteiger partial charge on any atom is 0.249 e. The predicted molar refractivity (Wildman–Crippen MR) is 102 cm³/mol. The Morgan fingerprint density at radius 3 is 3.14 bits per heavy atom. The number of hydrogen-bond acceptors (Lipinski definition) is 6. The first-order valence-electron chi connectivity index (χ1n) is 9.70. The first-order chi connectivity index (χ1) is 13.7. The van der Waals surface area contributed by atoms with Crippen LogP contribution in [0, 0.1) is 6.92 Å². The predicted octanol–water partition coefficient (Wildman–Crippen LogP) is 2.51. The summed E-state index contributed by atoms with van der Waals surface area (Å²) in [5, 5.41) is 4.03. The molecule has 0 N–H and O–H groups in total.